The molecule has 0 aliphatic carbocycles. The average Bonchev–Trinajstić information content (AvgIpc) is 2.81. The number of hydrogen-bond acceptors (Lipinski definition) is 7. The van der Waals surface area contributed by atoms with Gasteiger partial charge in [0.1, 0.15) is 4.90 Å². The Hall–Kier alpha value is -2.73. The minimum atomic E-state index is -5.11. The molecule has 35 heavy (non-hydrogen) atoms. The van der Waals surface area contributed by atoms with Crippen molar-refractivity contribution in [2.45, 2.75) is 24.0 Å². The van der Waals surface area contributed by atoms with Gasteiger partial charge >= 0.3 is 6.18 Å². The first kappa shape index (κ1) is 26.9. The summed E-state index contributed by atoms with van der Waals surface area (Å²) in [5.41, 5.74) is -1.71. The second kappa shape index (κ2) is 10.5. The highest BCUT2D eigenvalue weighted by Crippen LogP contribution is 2.44. The van der Waals surface area contributed by atoms with E-state index in [-0.39, 0.29) is 37.9 Å². The van der Waals surface area contributed by atoms with Crippen LogP contribution in [-0.2, 0) is 29.2 Å². The van der Waals surface area contributed by atoms with Gasteiger partial charge in [-0.2, -0.15) is 22.7 Å². The smallest absolute Gasteiger partial charge is 0.395 e. The molecule has 0 unspecified atom stereocenters. The Labute approximate surface area is 207 Å². The Morgan fingerprint density at radius 1 is 1.29 bits per heavy atom. The van der Waals surface area contributed by atoms with E-state index < -0.39 is 49.6 Å². The second-order valence-electron chi connectivity index (χ2n) is 7.64. The van der Waals surface area contributed by atoms with Gasteiger partial charge in [0.2, 0.25) is 10.0 Å². The SMILES string of the molecule is N#Cc1cccc2c1CCN(S(=O)(=O)c1cc([N+](=O)[O-])cc(C(F)(F)F)c1N(CCO)CCBr)C2. The van der Waals surface area contributed by atoms with Crippen LogP contribution in [0.4, 0.5) is 24.5 Å². The quantitative estimate of drug-likeness (QED) is 0.289. The molecule has 1 heterocycles. The molecule has 188 valence electrons. The van der Waals surface area contributed by atoms with E-state index in [1.165, 1.54) is 0 Å². The van der Waals surface area contributed by atoms with Crippen molar-refractivity contribution in [2.24, 2.45) is 0 Å². The highest BCUT2D eigenvalue weighted by molar-refractivity contribution is 9.09. The Kier molecular flexibility index (Phi) is 8.05. The predicted octanol–water partition coefficient (Wildman–Crippen LogP) is 3.43. The Morgan fingerprint density at radius 3 is 2.57 bits per heavy atom. The van der Waals surface area contributed by atoms with Crippen molar-refractivity contribution in [1.29, 1.82) is 5.26 Å². The lowest BCUT2D eigenvalue weighted by molar-refractivity contribution is -0.385. The molecule has 0 amide bonds. The molecule has 2 aromatic carbocycles. The number of rotatable bonds is 8. The highest BCUT2D eigenvalue weighted by atomic mass is 79.9. The van der Waals surface area contributed by atoms with Crippen LogP contribution in [-0.4, -0.2) is 54.3 Å². The van der Waals surface area contributed by atoms with Gasteiger partial charge < -0.3 is 10.0 Å². The third kappa shape index (κ3) is 5.43. The number of alkyl halides is 4. The van der Waals surface area contributed by atoms with Crippen molar-refractivity contribution >= 4 is 37.3 Å². The summed E-state index contributed by atoms with van der Waals surface area (Å²) in [6.07, 6.45) is -4.96. The maximum atomic E-state index is 14.1. The van der Waals surface area contributed by atoms with E-state index in [0.29, 0.717) is 28.8 Å². The lowest BCUT2D eigenvalue weighted by Crippen LogP contribution is -2.38. The van der Waals surface area contributed by atoms with Gasteiger partial charge in [-0.15, -0.1) is 0 Å². The fourth-order valence-electron chi connectivity index (χ4n) is 4.03. The van der Waals surface area contributed by atoms with Crippen LogP contribution < -0.4 is 4.90 Å². The number of nitrogens with zero attached hydrogens (tertiary/aromatic N) is 4. The number of nitro groups is 1. The number of aliphatic hydroxyl groups is 1. The van der Waals surface area contributed by atoms with Crippen molar-refractivity contribution in [1.82, 2.24) is 4.31 Å². The van der Waals surface area contributed by atoms with Crippen LogP contribution in [0.25, 0.3) is 0 Å². The van der Waals surface area contributed by atoms with Crippen LogP contribution in [0.3, 0.4) is 0 Å². The number of sulfonamides is 1. The number of fused-ring (bicyclic) bond motifs is 1. The van der Waals surface area contributed by atoms with E-state index in [2.05, 4.69) is 15.9 Å². The number of aliphatic hydroxyl groups excluding tert-OH is 1. The van der Waals surface area contributed by atoms with Gasteiger partial charge in [-0.25, -0.2) is 8.42 Å². The summed E-state index contributed by atoms with van der Waals surface area (Å²) in [5, 5.41) is 30.3. The van der Waals surface area contributed by atoms with E-state index in [4.69, 9.17) is 0 Å². The molecule has 0 aromatic heterocycles. The zero-order valence-corrected chi connectivity index (χ0v) is 20.5. The zero-order chi connectivity index (χ0) is 26.0. The number of non-ortho nitro benzene ring substituents is 1. The van der Waals surface area contributed by atoms with Crippen molar-refractivity contribution in [3.05, 3.63) is 62.7 Å². The molecule has 0 saturated carbocycles. The van der Waals surface area contributed by atoms with Crippen molar-refractivity contribution in [2.75, 3.05) is 36.5 Å². The fourth-order valence-corrected chi connectivity index (χ4v) is 6.13. The van der Waals surface area contributed by atoms with Crippen molar-refractivity contribution in [3.63, 3.8) is 0 Å². The lowest BCUT2D eigenvalue weighted by Gasteiger charge is -2.32. The monoisotopic (exact) mass is 576 g/mol. The summed E-state index contributed by atoms with van der Waals surface area (Å²) in [5.74, 6) is 0. The van der Waals surface area contributed by atoms with Crippen molar-refractivity contribution in [3.8, 4) is 6.07 Å². The van der Waals surface area contributed by atoms with Crippen LogP contribution >= 0.6 is 15.9 Å². The normalized spacial score (nSPS) is 14.3. The number of nitro benzene ring substituents is 1. The van der Waals surface area contributed by atoms with Crippen LogP contribution in [0.1, 0.15) is 22.3 Å². The average molecular weight is 577 g/mol. The minimum Gasteiger partial charge on any atom is -0.395 e. The molecule has 0 saturated heterocycles. The third-order valence-electron chi connectivity index (χ3n) is 5.59. The summed E-state index contributed by atoms with van der Waals surface area (Å²) in [7, 11) is -4.67. The first-order valence-electron chi connectivity index (χ1n) is 10.3. The third-order valence-corrected chi connectivity index (χ3v) is 7.80. The van der Waals surface area contributed by atoms with E-state index in [0.717, 1.165) is 9.21 Å². The Balaban J connectivity index is 2.25. The largest absolute Gasteiger partial charge is 0.418 e. The predicted molar refractivity (Wildman–Crippen MR) is 124 cm³/mol. The van der Waals surface area contributed by atoms with Crippen molar-refractivity contribution < 1.29 is 31.6 Å². The molecule has 1 aliphatic heterocycles. The standard InChI is InChI=1S/C21H20BrF3N4O5S/c22-5-7-27(8-9-30)20-18(21(23,24)25)10-16(29(31)32)11-19(20)35(33,34)28-6-4-17-14(12-26)2-1-3-15(17)13-28/h1-3,10-11,30H,4-9,13H2. The fraction of sp³-hybridized carbons (Fsp3) is 0.381. The highest BCUT2D eigenvalue weighted by Gasteiger charge is 2.42. The summed E-state index contributed by atoms with van der Waals surface area (Å²) in [6, 6.07) is 7.75. The molecule has 1 N–H and O–H groups in total. The molecule has 0 atom stereocenters. The number of hydrogen-bond donors (Lipinski definition) is 1. The molecule has 3 rings (SSSR count). The summed E-state index contributed by atoms with van der Waals surface area (Å²) >= 11 is 3.11. The second-order valence-corrected chi connectivity index (χ2v) is 10.3. The molecule has 0 spiro atoms. The maximum absolute atomic E-state index is 14.1. The van der Waals surface area contributed by atoms with E-state index >= 15 is 0 Å². The molecule has 2 aromatic rings. The number of anilines is 1. The first-order valence-corrected chi connectivity index (χ1v) is 12.8. The van der Waals surface area contributed by atoms with Crippen LogP contribution in [0.5, 0.6) is 0 Å². The van der Waals surface area contributed by atoms with Gasteiger partial charge in [-0.05, 0) is 23.6 Å². The molecule has 14 heteroatoms. The topological polar surface area (TPSA) is 128 Å². The van der Waals surface area contributed by atoms with Crippen LogP contribution in [0.2, 0.25) is 0 Å². The number of nitriles is 1. The van der Waals surface area contributed by atoms with Gasteiger partial charge in [0.25, 0.3) is 5.69 Å². The zero-order valence-electron chi connectivity index (χ0n) is 18.1. The summed E-state index contributed by atoms with van der Waals surface area (Å²) in [4.78, 5) is 10.5. The lowest BCUT2D eigenvalue weighted by atomic mass is 9.96. The molecular formula is C21H20BrF3N4O5S. The summed E-state index contributed by atoms with van der Waals surface area (Å²) < 4.78 is 70.6. The molecular weight excluding hydrogens is 557 g/mol. The summed E-state index contributed by atoms with van der Waals surface area (Å²) in [6.45, 7) is -1.35. The maximum Gasteiger partial charge on any atom is 0.418 e. The van der Waals surface area contributed by atoms with Gasteiger partial charge in [-0.3, -0.25) is 10.1 Å². The van der Waals surface area contributed by atoms with Gasteiger partial charge in [-0.1, -0.05) is 28.1 Å². The molecule has 0 fully saturated rings. The Morgan fingerprint density at radius 2 is 2.00 bits per heavy atom. The van der Waals surface area contributed by atoms with E-state index in [1.807, 2.05) is 6.07 Å². The molecule has 0 bridgehead atoms. The van der Waals surface area contributed by atoms with E-state index in [9.17, 15) is 42.1 Å². The minimum absolute atomic E-state index is 0.0989. The first-order chi connectivity index (χ1) is 16.4. The van der Waals surface area contributed by atoms with E-state index in [1.54, 1.807) is 18.2 Å². The van der Waals surface area contributed by atoms with Gasteiger partial charge in [0.05, 0.1) is 34.4 Å². The molecule has 9 nitrogen and oxygen atoms in total. The van der Waals surface area contributed by atoms with Crippen LogP contribution in [0, 0.1) is 21.4 Å². The number of benzene rings is 2. The van der Waals surface area contributed by atoms with Gasteiger partial charge in [0.15, 0.2) is 0 Å². The molecule has 0 radical (unpaired) electrons. The van der Waals surface area contributed by atoms with Gasteiger partial charge in [0, 0.05) is 43.6 Å². The number of halogens is 4. The molecule has 1 aliphatic rings. The Bertz CT molecular complexity index is 1270. The van der Waals surface area contributed by atoms with Crippen LogP contribution in [0.15, 0.2) is 35.2 Å².